The lowest BCUT2D eigenvalue weighted by atomic mass is 10.1. The third-order valence-electron chi connectivity index (χ3n) is 3.88. The molecule has 1 heterocycles. The van der Waals surface area contributed by atoms with Crippen LogP contribution in [0.4, 0.5) is 0 Å². The molecule has 0 unspecified atom stereocenters. The second-order valence-electron chi connectivity index (χ2n) is 5.65. The third kappa shape index (κ3) is 5.49. The van der Waals surface area contributed by atoms with E-state index in [4.69, 9.17) is 9.63 Å². The van der Waals surface area contributed by atoms with Gasteiger partial charge in [-0.25, -0.2) is 0 Å². The Kier molecular flexibility index (Phi) is 6.29. The molecule has 0 aliphatic heterocycles. The van der Waals surface area contributed by atoms with Crippen LogP contribution >= 0.6 is 0 Å². The fraction of sp³-hybridized carbons (Fsp3) is 0.471. The minimum atomic E-state index is -0.853. The first-order valence-corrected chi connectivity index (χ1v) is 7.89. The SMILES string of the molecule is CC[C@H](C)N(CC(=O)O)Cc1nc(CCc2ccccc2)no1. The summed E-state index contributed by atoms with van der Waals surface area (Å²) < 4.78 is 5.26. The lowest BCUT2D eigenvalue weighted by Crippen LogP contribution is -2.36. The molecule has 0 amide bonds. The van der Waals surface area contributed by atoms with E-state index in [9.17, 15) is 4.79 Å². The maximum Gasteiger partial charge on any atom is 0.317 e. The first-order valence-electron chi connectivity index (χ1n) is 7.89. The smallest absolute Gasteiger partial charge is 0.317 e. The molecule has 0 bridgehead atoms. The van der Waals surface area contributed by atoms with Crippen molar-refractivity contribution in [3.05, 3.63) is 47.6 Å². The van der Waals surface area contributed by atoms with Crippen molar-refractivity contribution in [2.45, 2.75) is 45.7 Å². The van der Waals surface area contributed by atoms with Crippen LogP contribution in [0.2, 0.25) is 0 Å². The van der Waals surface area contributed by atoms with Gasteiger partial charge < -0.3 is 9.63 Å². The van der Waals surface area contributed by atoms with Crippen molar-refractivity contribution in [3.63, 3.8) is 0 Å². The highest BCUT2D eigenvalue weighted by atomic mass is 16.5. The number of nitrogens with zero attached hydrogens (tertiary/aromatic N) is 3. The van der Waals surface area contributed by atoms with Gasteiger partial charge >= 0.3 is 5.97 Å². The minimum Gasteiger partial charge on any atom is -0.480 e. The number of aryl methyl sites for hydroxylation is 2. The fourth-order valence-electron chi connectivity index (χ4n) is 2.33. The van der Waals surface area contributed by atoms with E-state index < -0.39 is 5.97 Å². The van der Waals surface area contributed by atoms with Crippen molar-refractivity contribution in [1.82, 2.24) is 15.0 Å². The van der Waals surface area contributed by atoms with Crippen LogP contribution in [-0.4, -0.2) is 38.7 Å². The molecule has 0 fully saturated rings. The zero-order valence-electron chi connectivity index (χ0n) is 13.6. The molecule has 1 aromatic carbocycles. The number of rotatable bonds is 9. The van der Waals surface area contributed by atoms with Gasteiger partial charge in [0.05, 0.1) is 13.1 Å². The predicted octanol–water partition coefficient (Wildman–Crippen LogP) is 2.54. The van der Waals surface area contributed by atoms with Gasteiger partial charge in [-0.1, -0.05) is 42.4 Å². The molecule has 1 aromatic heterocycles. The summed E-state index contributed by atoms with van der Waals surface area (Å²) in [5.41, 5.74) is 1.23. The van der Waals surface area contributed by atoms with Crippen molar-refractivity contribution in [2.75, 3.05) is 6.54 Å². The van der Waals surface area contributed by atoms with Gasteiger partial charge in [0.2, 0.25) is 5.89 Å². The Labute approximate surface area is 136 Å². The van der Waals surface area contributed by atoms with Crippen molar-refractivity contribution in [2.24, 2.45) is 0 Å². The monoisotopic (exact) mass is 317 g/mol. The Morgan fingerprint density at radius 2 is 2.04 bits per heavy atom. The van der Waals surface area contributed by atoms with Crippen LogP contribution in [0.1, 0.15) is 37.5 Å². The largest absolute Gasteiger partial charge is 0.480 e. The quantitative estimate of drug-likeness (QED) is 0.765. The zero-order valence-corrected chi connectivity index (χ0v) is 13.6. The van der Waals surface area contributed by atoms with Crippen LogP contribution in [0.3, 0.4) is 0 Å². The van der Waals surface area contributed by atoms with E-state index in [2.05, 4.69) is 22.3 Å². The Morgan fingerprint density at radius 3 is 2.70 bits per heavy atom. The van der Waals surface area contributed by atoms with Gasteiger partial charge in [0, 0.05) is 12.5 Å². The molecule has 0 saturated carbocycles. The topological polar surface area (TPSA) is 79.5 Å². The van der Waals surface area contributed by atoms with Crippen molar-refractivity contribution < 1.29 is 14.4 Å². The van der Waals surface area contributed by atoms with Crippen molar-refractivity contribution in [1.29, 1.82) is 0 Å². The summed E-state index contributed by atoms with van der Waals surface area (Å²) in [4.78, 5) is 17.2. The maximum absolute atomic E-state index is 11.0. The van der Waals surface area contributed by atoms with E-state index in [-0.39, 0.29) is 12.6 Å². The number of benzene rings is 1. The van der Waals surface area contributed by atoms with E-state index in [1.165, 1.54) is 5.56 Å². The molecule has 0 aliphatic rings. The van der Waals surface area contributed by atoms with Gasteiger partial charge in [-0.15, -0.1) is 0 Å². The zero-order chi connectivity index (χ0) is 16.7. The van der Waals surface area contributed by atoms with Crippen LogP contribution in [0.15, 0.2) is 34.9 Å². The first-order chi connectivity index (χ1) is 11.1. The molecule has 0 spiro atoms. The summed E-state index contributed by atoms with van der Waals surface area (Å²) in [6.45, 7) is 4.35. The number of aliphatic carboxylic acids is 1. The van der Waals surface area contributed by atoms with E-state index >= 15 is 0 Å². The Bertz CT molecular complexity index is 613. The van der Waals surface area contributed by atoms with E-state index in [1.54, 1.807) is 0 Å². The second-order valence-corrected chi connectivity index (χ2v) is 5.65. The van der Waals surface area contributed by atoms with Crippen LogP contribution < -0.4 is 0 Å². The molecule has 0 saturated heterocycles. The summed E-state index contributed by atoms with van der Waals surface area (Å²) >= 11 is 0. The standard InChI is InChI=1S/C17H23N3O3/c1-3-13(2)20(12-17(21)22)11-16-18-15(19-23-16)10-9-14-7-5-4-6-8-14/h4-8,13H,3,9-12H2,1-2H3,(H,21,22)/t13-/m0/s1. The van der Waals surface area contributed by atoms with Gasteiger partial charge in [-0.05, 0) is 25.3 Å². The van der Waals surface area contributed by atoms with E-state index in [0.717, 1.165) is 12.8 Å². The number of hydrogen-bond donors (Lipinski definition) is 1. The first kappa shape index (κ1) is 17.1. The summed E-state index contributed by atoms with van der Waals surface area (Å²) in [5.74, 6) is 0.270. The Hall–Kier alpha value is -2.21. The minimum absolute atomic E-state index is 0.0310. The average Bonchev–Trinajstić information content (AvgIpc) is 2.99. The Morgan fingerprint density at radius 1 is 1.30 bits per heavy atom. The lowest BCUT2D eigenvalue weighted by molar-refractivity contribution is -0.139. The van der Waals surface area contributed by atoms with Crippen LogP contribution in [0.25, 0.3) is 0 Å². The van der Waals surface area contributed by atoms with E-state index in [1.807, 2.05) is 36.9 Å². The highest BCUT2D eigenvalue weighted by Gasteiger charge is 2.19. The molecular formula is C17H23N3O3. The van der Waals surface area contributed by atoms with Gasteiger partial charge in [-0.2, -0.15) is 4.98 Å². The van der Waals surface area contributed by atoms with Crippen LogP contribution in [0.5, 0.6) is 0 Å². The number of carboxylic acid groups (broad SMARTS) is 1. The maximum atomic E-state index is 11.0. The summed E-state index contributed by atoms with van der Waals surface area (Å²) in [7, 11) is 0. The summed E-state index contributed by atoms with van der Waals surface area (Å²) in [6, 6.07) is 10.3. The molecule has 0 aliphatic carbocycles. The molecule has 124 valence electrons. The van der Waals surface area contributed by atoms with Crippen molar-refractivity contribution in [3.8, 4) is 0 Å². The fourth-order valence-corrected chi connectivity index (χ4v) is 2.33. The summed E-state index contributed by atoms with van der Waals surface area (Å²) in [6.07, 6.45) is 2.42. The highest BCUT2D eigenvalue weighted by molar-refractivity contribution is 5.69. The molecule has 0 radical (unpaired) electrons. The molecule has 1 atom stereocenters. The molecule has 6 heteroatoms. The van der Waals surface area contributed by atoms with Crippen molar-refractivity contribution >= 4 is 5.97 Å². The van der Waals surface area contributed by atoms with E-state index in [0.29, 0.717) is 24.7 Å². The molecule has 2 aromatic rings. The number of hydrogen-bond acceptors (Lipinski definition) is 5. The molecule has 2 rings (SSSR count). The molecule has 6 nitrogen and oxygen atoms in total. The van der Waals surface area contributed by atoms with Gasteiger partial charge in [0.1, 0.15) is 0 Å². The van der Waals surface area contributed by atoms with Crippen LogP contribution in [0, 0.1) is 0 Å². The van der Waals surface area contributed by atoms with Crippen LogP contribution in [-0.2, 0) is 24.2 Å². The van der Waals surface area contributed by atoms with Gasteiger partial charge in [0.25, 0.3) is 0 Å². The second kappa shape index (κ2) is 8.43. The number of carbonyl (C=O) groups is 1. The third-order valence-corrected chi connectivity index (χ3v) is 3.88. The van der Waals surface area contributed by atoms with Gasteiger partial charge in [0.15, 0.2) is 5.82 Å². The lowest BCUT2D eigenvalue weighted by Gasteiger charge is -2.24. The average molecular weight is 317 g/mol. The molecule has 1 N–H and O–H groups in total. The summed E-state index contributed by atoms with van der Waals surface area (Å²) in [5, 5.41) is 13.0. The van der Waals surface area contributed by atoms with Gasteiger partial charge in [-0.3, -0.25) is 9.69 Å². The molecule has 23 heavy (non-hydrogen) atoms. The predicted molar refractivity (Wildman–Crippen MR) is 85.9 cm³/mol. The number of aromatic nitrogens is 2. The number of carboxylic acids is 1. The molecular weight excluding hydrogens is 294 g/mol. The normalized spacial score (nSPS) is 12.5. The Balaban J connectivity index is 1.93. The highest BCUT2D eigenvalue weighted by Crippen LogP contribution is 2.10.